The van der Waals surface area contributed by atoms with E-state index in [2.05, 4.69) is 25.8 Å². The molecule has 2 heterocycles. The number of aromatic nitrogens is 3. The van der Waals surface area contributed by atoms with E-state index >= 15 is 0 Å². The molecule has 0 unspecified atom stereocenters. The number of amides is 2. The number of aryl methyl sites for hydroxylation is 1. The summed E-state index contributed by atoms with van der Waals surface area (Å²) < 4.78 is 5.47. The van der Waals surface area contributed by atoms with Crippen LogP contribution in [-0.4, -0.2) is 26.7 Å². The van der Waals surface area contributed by atoms with Gasteiger partial charge in [0.1, 0.15) is 0 Å². The van der Waals surface area contributed by atoms with E-state index in [-0.39, 0.29) is 17.5 Å². The lowest BCUT2D eigenvalue weighted by Gasteiger charge is -2.20. The first-order chi connectivity index (χ1) is 15.2. The highest BCUT2D eigenvalue weighted by Crippen LogP contribution is 2.32. The average Bonchev–Trinajstić information content (AvgIpc) is 3.37. The van der Waals surface area contributed by atoms with Gasteiger partial charge in [-0.05, 0) is 51.5 Å². The first kappa shape index (κ1) is 22.0. The zero-order valence-electron chi connectivity index (χ0n) is 18.1. The van der Waals surface area contributed by atoms with Crippen LogP contribution in [0.5, 0.6) is 0 Å². The average molecular weight is 468 g/mol. The van der Waals surface area contributed by atoms with Gasteiger partial charge in [-0.2, -0.15) is 4.98 Å². The molecule has 0 spiro atoms. The molecule has 2 amide bonds. The van der Waals surface area contributed by atoms with Crippen molar-refractivity contribution in [3.05, 3.63) is 58.7 Å². The molecule has 0 fully saturated rings. The van der Waals surface area contributed by atoms with Crippen molar-refractivity contribution in [3.63, 3.8) is 0 Å². The normalized spacial score (nSPS) is 11.4. The zero-order chi connectivity index (χ0) is 22.9. The molecule has 32 heavy (non-hydrogen) atoms. The van der Waals surface area contributed by atoms with Crippen molar-refractivity contribution in [3.8, 4) is 33.3 Å². The Morgan fingerprint density at radius 1 is 1.09 bits per heavy atom. The molecule has 4 rings (SSSR count). The number of rotatable bonds is 4. The van der Waals surface area contributed by atoms with Gasteiger partial charge in [0.25, 0.3) is 5.89 Å². The number of thiazole rings is 1. The maximum absolute atomic E-state index is 12.2. The smallest absolute Gasteiger partial charge is 0.319 e. The van der Waals surface area contributed by atoms with E-state index in [4.69, 9.17) is 16.1 Å². The number of benzene rings is 2. The molecular weight excluding hydrogens is 446 g/mol. The van der Waals surface area contributed by atoms with Crippen molar-refractivity contribution in [2.45, 2.75) is 33.2 Å². The summed E-state index contributed by atoms with van der Waals surface area (Å²) in [6.45, 7) is 7.71. The minimum Gasteiger partial charge on any atom is -0.334 e. The van der Waals surface area contributed by atoms with E-state index in [9.17, 15) is 4.79 Å². The first-order valence-corrected chi connectivity index (χ1v) is 11.2. The molecule has 0 bridgehead atoms. The molecule has 4 aromatic rings. The summed E-state index contributed by atoms with van der Waals surface area (Å²) in [6.07, 6.45) is 0. The Morgan fingerprint density at radius 2 is 1.81 bits per heavy atom. The van der Waals surface area contributed by atoms with Crippen molar-refractivity contribution in [2.75, 3.05) is 5.32 Å². The predicted octanol–water partition coefficient (Wildman–Crippen LogP) is 6.41. The van der Waals surface area contributed by atoms with Crippen molar-refractivity contribution >= 4 is 34.7 Å². The second-order valence-corrected chi connectivity index (χ2v) is 9.55. The van der Waals surface area contributed by atoms with Gasteiger partial charge in [-0.25, -0.2) is 9.78 Å². The van der Waals surface area contributed by atoms with Gasteiger partial charge in [-0.1, -0.05) is 41.0 Å². The number of carbonyl (C=O) groups excluding carboxylic acids is 1. The van der Waals surface area contributed by atoms with Crippen LogP contribution in [0.2, 0.25) is 5.02 Å². The fourth-order valence-corrected chi connectivity index (χ4v) is 4.08. The van der Waals surface area contributed by atoms with Crippen LogP contribution in [0, 0.1) is 6.92 Å². The van der Waals surface area contributed by atoms with E-state index in [1.54, 1.807) is 29.5 Å². The topological polar surface area (TPSA) is 92.9 Å². The molecule has 0 aliphatic carbocycles. The van der Waals surface area contributed by atoms with E-state index in [1.807, 2.05) is 57.5 Å². The molecule has 7 nitrogen and oxygen atoms in total. The number of anilines is 1. The molecule has 0 saturated carbocycles. The molecule has 0 radical (unpaired) electrons. The lowest BCUT2D eigenvalue weighted by atomic mass is 10.1. The summed E-state index contributed by atoms with van der Waals surface area (Å²) in [7, 11) is 0. The highest BCUT2D eigenvalue weighted by atomic mass is 35.5. The van der Waals surface area contributed by atoms with Crippen LogP contribution in [0.3, 0.4) is 0 Å². The first-order valence-electron chi connectivity index (χ1n) is 9.93. The fraction of sp³-hybridized carbons (Fsp3) is 0.217. The van der Waals surface area contributed by atoms with Gasteiger partial charge in [0, 0.05) is 16.8 Å². The van der Waals surface area contributed by atoms with Gasteiger partial charge in [-0.15, -0.1) is 11.3 Å². The molecule has 0 aliphatic heterocycles. The summed E-state index contributed by atoms with van der Waals surface area (Å²) >= 11 is 7.97. The Labute approximate surface area is 194 Å². The summed E-state index contributed by atoms with van der Waals surface area (Å²) in [5.74, 6) is 0.722. The van der Waals surface area contributed by atoms with Gasteiger partial charge in [0.2, 0.25) is 5.82 Å². The van der Waals surface area contributed by atoms with Crippen molar-refractivity contribution in [1.29, 1.82) is 0 Å². The molecule has 164 valence electrons. The van der Waals surface area contributed by atoms with Crippen LogP contribution in [0.15, 0.2) is 52.5 Å². The molecule has 0 saturated heterocycles. The third kappa shape index (κ3) is 4.98. The Morgan fingerprint density at radius 3 is 2.47 bits per heavy atom. The maximum atomic E-state index is 12.2. The number of urea groups is 1. The highest BCUT2D eigenvalue weighted by Gasteiger charge is 2.17. The van der Waals surface area contributed by atoms with Crippen LogP contribution in [0.25, 0.3) is 33.3 Å². The van der Waals surface area contributed by atoms with Gasteiger partial charge >= 0.3 is 6.03 Å². The van der Waals surface area contributed by atoms with Gasteiger partial charge < -0.3 is 15.2 Å². The number of hydrogen-bond donors (Lipinski definition) is 2. The zero-order valence-corrected chi connectivity index (χ0v) is 19.6. The Kier molecular flexibility index (Phi) is 5.99. The third-order valence-corrected chi connectivity index (χ3v) is 5.83. The predicted molar refractivity (Wildman–Crippen MR) is 128 cm³/mol. The third-order valence-electron chi connectivity index (χ3n) is 4.52. The minimum absolute atomic E-state index is 0.271. The van der Waals surface area contributed by atoms with Crippen LogP contribution >= 0.6 is 22.9 Å². The summed E-state index contributed by atoms with van der Waals surface area (Å²) in [6, 6.07) is 12.7. The molecular formula is C23H22ClN5O2S. The molecule has 0 atom stereocenters. The number of nitrogens with one attached hydrogen (secondary N) is 2. The lowest BCUT2D eigenvalue weighted by molar-refractivity contribution is 0.244. The molecule has 9 heteroatoms. The van der Waals surface area contributed by atoms with E-state index in [1.165, 1.54) is 0 Å². The minimum atomic E-state index is -0.352. The Hall–Kier alpha value is -3.23. The van der Waals surface area contributed by atoms with Crippen LogP contribution in [0.4, 0.5) is 10.5 Å². The number of carbonyl (C=O) groups is 1. The monoisotopic (exact) mass is 467 g/mol. The van der Waals surface area contributed by atoms with Gasteiger partial charge in [0.05, 0.1) is 26.7 Å². The van der Waals surface area contributed by atoms with E-state index in [0.717, 1.165) is 21.7 Å². The van der Waals surface area contributed by atoms with Gasteiger partial charge in [-0.3, -0.25) is 0 Å². The second kappa shape index (κ2) is 8.72. The molecule has 2 aromatic carbocycles. The largest absolute Gasteiger partial charge is 0.334 e. The van der Waals surface area contributed by atoms with Gasteiger partial charge in [0.15, 0.2) is 0 Å². The van der Waals surface area contributed by atoms with E-state index in [0.29, 0.717) is 22.1 Å². The SMILES string of the molecule is Cc1ncsc1-c1ccc(-c2noc(-c3cc(NC(=O)NC(C)(C)C)ccc3Cl)n2)cc1. The van der Waals surface area contributed by atoms with Crippen LogP contribution in [0.1, 0.15) is 26.5 Å². The number of halogens is 1. The van der Waals surface area contributed by atoms with Crippen LogP contribution in [-0.2, 0) is 0 Å². The molecule has 2 aromatic heterocycles. The highest BCUT2D eigenvalue weighted by molar-refractivity contribution is 7.13. The second-order valence-electron chi connectivity index (χ2n) is 8.29. The summed E-state index contributed by atoms with van der Waals surface area (Å²) in [4.78, 5) is 22.1. The molecule has 0 aliphatic rings. The Bertz CT molecular complexity index is 1260. The standard InChI is InChI=1S/C23H22ClN5O2S/c1-13-19(32-12-25-13)14-5-7-15(8-6-14)20-27-21(31-29-20)17-11-16(9-10-18(17)24)26-22(30)28-23(2,3)4/h5-12H,1-4H3,(H2,26,28,30). The van der Waals surface area contributed by atoms with Crippen molar-refractivity contribution in [1.82, 2.24) is 20.4 Å². The van der Waals surface area contributed by atoms with Crippen LogP contribution < -0.4 is 10.6 Å². The lowest BCUT2D eigenvalue weighted by Crippen LogP contribution is -2.43. The molecule has 2 N–H and O–H groups in total. The fourth-order valence-electron chi connectivity index (χ4n) is 3.07. The van der Waals surface area contributed by atoms with Crippen molar-refractivity contribution in [2.24, 2.45) is 0 Å². The number of nitrogens with zero attached hydrogens (tertiary/aromatic N) is 3. The van der Waals surface area contributed by atoms with E-state index < -0.39 is 0 Å². The summed E-state index contributed by atoms with van der Waals surface area (Å²) in [5.41, 5.74) is 5.50. The summed E-state index contributed by atoms with van der Waals surface area (Å²) in [5, 5.41) is 10.2. The quantitative estimate of drug-likeness (QED) is 0.361. The maximum Gasteiger partial charge on any atom is 0.319 e. The Balaban J connectivity index is 1.55. The van der Waals surface area contributed by atoms with Crippen molar-refractivity contribution < 1.29 is 9.32 Å². The number of hydrogen-bond acceptors (Lipinski definition) is 6.